The molecule has 84 valence electrons. The highest BCUT2D eigenvalue weighted by Gasteiger charge is 2.14. The van der Waals surface area contributed by atoms with Gasteiger partial charge < -0.3 is 15.8 Å². The highest BCUT2D eigenvalue weighted by molar-refractivity contribution is 9.10. The first-order valence-electron chi connectivity index (χ1n) is 4.82. The molecule has 1 heterocycles. The maximum absolute atomic E-state index is 10.6. The van der Waals surface area contributed by atoms with Crippen LogP contribution in [0.2, 0.25) is 0 Å². The molecule has 0 radical (unpaired) electrons. The number of hydrogen-bond donors (Lipinski definition) is 3. The van der Waals surface area contributed by atoms with Crippen molar-refractivity contribution >= 4 is 32.8 Å². The molecule has 16 heavy (non-hydrogen) atoms. The third kappa shape index (κ3) is 2.10. The average molecular weight is 283 g/mol. The first kappa shape index (κ1) is 11.2. The average Bonchev–Trinajstić information content (AvgIpc) is 2.59. The van der Waals surface area contributed by atoms with Crippen molar-refractivity contribution in [1.82, 2.24) is 4.98 Å². The molecule has 0 bridgehead atoms. The van der Waals surface area contributed by atoms with Gasteiger partial charge >= 0.3 is 5.97 Å². The molecule has 5 heteroatoms. The van der Waals surface area contributed by atoms with Crippen molar-refractivity contribution in [2.45, 2.75) is 12.5 Å². The van der Waals surface area contributed by atoms with E-state index < -0.39 is 12.0 Å². The van der Waals surface area contributed by atoms with E-state index >= 15 is 0 Å². The van der Waals surface area contributed by atoms with E-state index in [0.717, 1.165) is 20.9 Å². The van der Waals surface area contributed by atoms with Crippen LogP contribution in [0.15, 0.2) is 28.9 Å². The summed E-state index contributed by atoms with van der Waals surface area (Å²) in [5.74, 6) is -0.892. The molecule has 1 aromatic heterocycles. The highest BCUT2D eigenvalue weighted by atomic mass is 79.9. The fourth-order valence-electron chi connectivity index (χ4n) is 1.72. The fraction of sp³-hybridized carbons (Fsp3) is 0.182. The minimum atomic E-state index is -0.892. The Hall–Kier alpha value is -1.33. The monoisotopic (exact) mass is 282 g/mol. The van der Waals surface area contributed by atoms with Gasteiger partial charge in [-0.1, -0.05) is 15.9 Å². The number of aromatic nitrogens is 1. The molecule has 0 amide bonds. The van der Waals surface area contributed by atoms with Gasteiger partial charge in [-0.15, -0.1) is 0 Å². The summed E-state index contributed by atoms with van der Waals surface area (Å²) in [5, 5.41) is 9.67. The fourth-order valence-corrected chi connectivity index (χ4v) is 2.08. The molecule has 2 aromatic rings. The lowest BCUT2D eigenvalue weighted by atomic mass is 10.0. The maximum atomic E-state index is 10.6. The zero-order chi connectivity index (χ0) is 11.7. The Morgan fingerprint density at radius 3 is 3.00 bits per heavy atom. The number of aromatic amines is 1. The van der Waals surface area contributed by atoms with Gasteiger partial charge in [0.1, 0.15) is 0 Å². The standard InChI is InChI=1S/C11H11BrN2O2/c12-6-1-2-10-7(3-6)8(5-14-10)9(13)4-11(15)16/h1-3,5,9,14H,4,13H2,(H,15,16). The third-order valence-electron chi connectivity index (χ3n) is 2.47. The lowest BCUT2D eigenvalue weighted by Crippen LogP contribution is -2.14. The van der Waals surface area contributed by atoms with Crippen molar-refractivity contribution in [3.05, 3.63) is 34.4 Å². The van der Waals surface area contributed by atoms with E-state index in [1.807, 2.05) is 18.2 Å². The van der Waals surface area contributed by atoms with Gasteiger partial charge in [-0.3, -0.25) is 4.79 Å². The van der Waals surface area contributed by atoms with Crippen LogP contribution in [-0.4, -0.2) is 16.1 Å². The smallest absolute Gasteiger partial charge is 0.305 e. The van der Waals surface area contributed by atoms with Crippen LogP contribution in [0.3, 0.4) is 0 Å². The Morgan fingerprint density at radius 2 is 2.31 bits per heavy atom. The van der Waals surface area contributed by atoms with Gasteiger partial charge in [-0.2, -0.15) is 0 Å². The summed E-state index contributed by atoms with van der Waals surface area (Å²) in [4.78, 5) is 13.7. The Balaban J connectivity index is 2.44. The second-order valence-electron chi connectivity index (χ2n) is 3.64. The number of hydrogen-bond acceptors (Lipinski definition) is 2. The highest BCUT2D eigenvalue weighted by Crippen LogP contribution is 2.27. The molecular formula is C11H11BrN2O2. The number of carboxylic acids is 1. The number of nitrogens with two attached hydrogens (primary N) is 1. The van der Waals surface area contributed by atoms with Crippen molar-refractivity contribution in [3.8, 4) is 0 Å². The topological polar surface area (TPSA) is 79.1 Å². The molecule has 1 aromatic carbocycles. The molecule has 0 fully saturated rings. The van der Waals surface area contributed by atoms with Crippen molar-refractivity contribution in [2.24, 2.45) is 5.73 Å². The molecule has 0 saturated carbocycles. The van der Waals surface area contributed by atoms with Crippen molar-refractivity contribution in [3.63, 3.8) is 0 Å². The summed E-state index contributed by atoms with van der Waals surface area (Å²) in [6.07, 6.45) is 1.70. The van der Waals surface area contributed by atoms with E-state index in [1.54, 1.807) is 6.20 Å². The van der Waals surface area contributed by atoms with Crippen LogP contribution in [0.4, 0.5) is 0 Å². The van der Waals surface area contributed by atoms with Crippen molar-refractivity contribution in [2.75, 3.05) is 0 Å². The number of aliphatic carboxylic acids is 1. The van der Waals surface area contributed by atoms with Crippen LogP contribution in [0.5, 0.6) is 0 Å². The first-order chi connectivity index (χ1) is 7.58. The van der Waals surface area contributed by atoms with Gasteiger partial charge in [0.05, 0.1) is 6.42 Å². The first-order valence-corrected chi connectivity index (χ1v) is 5.61. The van der Waals surface area contributed by atoms with Gasteiger partial charge in [0.25, 0.3) is 0 Å². The third-order valence-corrected chi connectivity index (χ3v) is 2.96. The zero-order valence-corrected chi connectivity index (χ0v) is 9.99. The van der Waals surface area contributed by atoms with Crippen LogP contribution >= 0.6 is 15.9 Å². The Bertz CT molecular complexity index is 536. The number of fused-ring (bicyclic) bond motifs is 1. The molecule has 0 saturated heterocycles. The predicted molar refractivity (Wildman–Crippen MR) is 65.2 cm³/mol. The van der Waals surface area contributed by atoms with Crippen molar-refractivity contribution < 1.29 is 9.90 Å². The summed E-state index contributed by atoms with van der Waals surface area (Å²) in [5.41, 5.74) is 7.63. The van der Waals surface area contributed by atoms with E-state index in [1.165, 1.54) is 0 Å². The number of nitrogens with one attached hydrogen (secondary N) is 1. The second-order valence-corrected chi connectivity index (χ2v) is 4.55. The summed E-state index contributed by atoms with van der Waals surface area (Å²) < 4.78 is 0.948. The minimum Gasteiger partial charge on any atom is -0.481 e. The molecule has 0 aliphatic rings. The number of carbonyl (C=O) groups is 1. The Morgan fingerprint density at radius 1 is 1.56 bits per heavy atom. The number of benzene rings is 1. The quantitative estimate of drug-likeness (QED) is 0.809. The van der Waals surface area contributed by atoms with Crippen molar-refractivity contribution in [1.29, 1.82) is 0 Å². The van der Waals surface area contributed by atoms with Gasteiger partial charge in [-0.25, -0.2) is 0 Å². The number of carboxylic acid groups (broad SMARTS) is 1. The summed E-state index contributed by atoms with van der Waals surface area (Å²) in [6.45, 7) is 0. The minimum absolute atomic E-state index is 0.0700. The van der Waals surface area contributed by atoms with Gasteiger partial charge in [0, 0.05) is 27.6 Å². The summed E-state index contributed by atoms with van der Waals surface area (Å²) in [6, 6.07) is 5.30. The predicted octanol–water partition coefficient (Wildman–Crippen LogP) is 2.40. The van der Waals surface area contributed by atoms with Gasteiger partial charge in [0.2, 0.25) is 0 Å². The van der Waals surface area contributed by atoms with Crippen LogP contribution < -0.4 is 5.73 Å². The SMILES string of the molecule is NC(CC(=O)O)c1c[nH]c2ccc(Br)cc12. The van der Waals surface area contributed by atoms with Crippen LogP contribution in [0.25, 0.3) is 10.9 Å². The summed E-state index contributed by atoms with van der Waals surface area (Å²) in [7, 11) is 0. The normalized spacial score (nSPS) is 12.9. The van der Waals surface area contributed by atoms with E-state index in [0.29, 0.717) is 0 Å². The zero-order valence-electron chi connectivity index (χ0n) is 8.40. The van der Waals surface area contributed by atoms with E-state index in [9.17, 15) is 4.79 Å². The molecule has 1 unspecified atom stereocenters. The largest absolute Gasteiger partial charge is 0.481 e. The number of halogens is 1. The molecule has 2 rings (SSSR count). The Labute approximate surface area is 101 Å². The maximum Gasteiger partial charge on any atom is 0.305 e. The molecule has 1 atom stereocenters. The molecule has 0 aliphatic heterocycles. The molecule has 4 nitrogen and oxygen atoms in total. The second kappa shape index (κ2) is 4.27. The molecule has 0 aliphatic carbocycles. The van der Waals surface area contributed by atoms with E-state index in [4.69, 9.17) is 10.8 Å². The lowest BCUT2D eigenvalue weighted by molar-refractivity contribution is -0.137. The van der Waals surface area contributed by atoms with Gasteiger partial charge in [-0.05, 0) is 23.8 Å². The lowest BCUT2D eigenvalue weighted by Gasteiger charge is -2.07. The molecule has 0 spiro atoms. The summed E-state index contributed by atoms with van der Waals surface area (Å²) >= 11 is 3.38. The Kier molecular flexibility index (Phi) is 2.98. The number of H-pyrrole nitrogens is 1. The van der Waals surface area contributed by atoms with Crippen LogP contribution in [0.1, 0.15) is 18.0 Å². The van der Waals surface area contributed by atoms with E-state index in [-0.39, 0.29) is 6.42 Å². The number of rotatable bonds is 3. The van der Waals surface area contributed by atoms with Crippen LogP contribution in [0, 0.1) is 0 Å². The van der Waals surface area contributed by atoms with Gasteiger partial charge in [0.15, 0.2) is 0 Å². The molecular weight excluding hydrogens is 272 g/mol. The van der Waals surface area contributed by atoms with Crippen LogP contribution in [-0.2, 0) is 4.79 Å². The molecule has 4 N–H and O–H groups in total. The van der Waals surface area contributed by atoms with E-state index in [2.05, 4.69) is 20.9 Å².